The lowest BCUT2D eigenvalue weighted by atomic mass is 9.97. The number of aliphatic hydroxyl groups excluding tert-OH is 1. The number of nitro benzene ring substituents is 1. The zero-order valence-corrected chi connectivity index (χ0v) is 10.9. The number of methoxy groups -OCH3 is 1. The minimum absolute atomic E-state index is 0.0386. The number of hydrogen-bond acceptors (Lipinski definition) is 6. The Hall–Kier alpha value is -1.86. The quantitative estimate of drug-likeness (QED) is 0.532. The Kier molecular flexibility index (Phi) is 5.08. The van der Waals surface area contributed by atoms with Gasteiger partial charge in [-0.05, 0) is 6.42 Å². The van der Waals surface area contributed by atoms with Crippen LogP contribution in [0.4, 0.5) is 5.69 Å². The summed E-state index contributed by atoms with van der Waals surface area (Å²) in [5, 5.41) is 30.6. The van der Waals surface area contributed by atoms with Gasteiger partial charge >= 0.3 is 0 Å². The zero-order chi connectivity index (χ0) is 14.6. The van der Waals surface area contributed by atoms with E-state index in [1.165, 1.54) is 7.11 Å². The summed E-state index contributed by atoms with van der Waals surface area (Å²) in [5.74, 6) is -0.320. The third-order valence-corrected chi connectivity index (χ3v) is 2.88. The van der Waals surface area contributed by atoms with Gasteiger partial charge in [0.15, 0.2) is 11.5 Å². The predicted octanol–water partition coefficient (Wildman–Crippen LogP) is 1.47. The van der Waals surface area contributed by atoms with E-state index in [1.54, 1.807) is 0 Å². The van der Waals surface area contributed by atoms with E-state index in [1.807, 2.05) is 6.92 Å². The number of phenols is 1. The van der Waals surface area contributed by atoms with Gasteiger partial charge in [0, 0.05) is 11.6 Å². The summed E-state index contributed by atoms with van der Waals surface area (Å²) in [6.45, 7) is 1.88. The van der Waals surface area contributed by atoms with Gasteiger partial charge in [0.05, 0.1) is 30.2 Å². The molecule has 0 aliphatic rings. The highest BCUT2D eigenvalue weighted by molar-refractivity contribution is 5.54. The summed E-state index contributed by atoms with van der Waals surface area (Å²) >= 11 is 0. The van der Waals surface area contributed by atoms with Gasteiger partial charge in [-0.2, -0.15) is 0 Å². The van der Waals surface area contributed by atoms with Crippen molar-refractivity contribution in [2.75, 3.05) is 7.11 Å². The number of nitrogens with zero attached hydrogens (tertiary/aromatic N) is 1. The second-order valence-corrected chi connectivity index (χ2v) is 4.22. The number of aliphatic hydroxyl groups is 1. The number of non-ortho nitro benzene ring substituents is 1. The number of nitro groups is 1. The maximum atomic E-state index is 10.8. The van der Waals surface area contributed by atoms with Crippen LogP contribution in [-0.2, 0) is 0 Å². The summed E-state index contributed by atoms with van der Waals surface area (Å²) in [7, 11) is 1.29. The molecule has 0 bridgehead atoms. The smallest absolute Gasteiger partial charge is 0.273 e. The minimum atomic E-state index is -0.909. The topological polar surface area (TPSA) is 119 Å². The van der Waals surface area contributed by atoms with E-state index in [-0.39, 0.29) is 22.7 Å². The highest BCUT2D eigenvalue weighted by atomic mass is 16.6. The molecule has 1 rings (SSSR count). The SMILES string of the molecule is CCC[C@@H](O)[C@@H](N)c1cc([N+](=O)[O-])cc(OC)c1O. The third-order valence-electron chi connectivity index (χ3n) is 2.88. The second-order valence-electron chi connectivity index (χ2n) is 4.22. The van der Waals surface area contributed by atoms with Gasteiger partial charge in [0.2, 0.25) is 0 Å². The predicted molar refractivity (Wildman–Crippen MR) is 69.2 cm³/mol. The van der Waals surface area contributed by atoms with Crippen LogP contribution >= 0.6 is 0 Å². The lowest BCUT2D eigenvalue weighted by molar-refractivity contribution is -0.385. The molecule has 7 heteroatoms. The van der Waals surface area contributed by atoms with Crippen molar-refractivity contribution in [2.24, 2.45) is 5.73 Å². The van der Waals surface area contributed by atoms with Crippen LogP contribution in [0.5, 0.6) is 11.5 Å². The standard InChI is InChI=1S/C12H18N2O5/c1-3-4-9(15)11(13)8-5-7(14(17)18)6-10(19-2)12(8)16/h5-6,9,11,15-16H,3-4,13H2,1-2H3/t9-,11+/m1/s1. The molecule has 0 aliphatic heterocycles. The third kappa shape index (κ3) is 3.33. The molecule has 19 heavy (non-hydrogen) atoms. The Balaban J connectivity index is 3.24. The van der Waals surface area contributed by atoms with Crippen molar-refractivity contribution in [3.05, 3.63) is 27.8 Å². The van der Waals surface area contributed by atoms with Crippen molar-refractivity contribution in [3.63, 3.8) is 0 Å². The van der Waals surface area contributed by atoms with E-state index in [9.17, 15) is 20.3 Å². The molecule has 1 aromatic carbocycles. The number of phenolic OH excluding ortho intramolecular Hbond substituents is 1. The van der Waals surface area contributed by atoms with Crippen LogP contribution in [-0.4, -0.2) is 28.4 Å². The fourth-order valence-corrected chi connectivity index (χ4v) is 1.81. The molecule has 0 heterocycles. The fraction of sp³-hybridized carbons (Fsp3) is 0.500. The Morgan fingerprint density at radius 1 is 1.53 bits per heavy atom. The first kappa shape index (κ1) is 15.2. The van der Waals surface area contributed by atoms with Crippen molar-refractivity contribution >= 4 is 5.69 Å². The van der Waals surface area contributed by atoms with Gasteiger partial charge in [0.1, 0.15) is 0 Å². The first-order valence-electron chi connectivity index (χ1n) is 5.91. The molecular formula is C12H18N2O5. The number of ether oxygens (including phenoxy) is 1. The van der Waals surface area contributed by atoms with Crippen LogP contribution in [0, 0.1) is 10.1 Å². The Morgan fingerprint density at radius 2 is 2.16 bits per heavy atom. The van der Waals surface area contributed by atoms with Crippen molar-refractivity contribution < 1.29 is 19.9 Å². The summed E-state index contributed by atoms with van der Waals surface area (Å²) in [4.78, 5) is 10.2. The van der Waals surface area contributed by atoms with Gasteiger partial charge in [-0.1, -0.05) is 13.3 Å². The first-order valence-corrected chi connectivity index (χ1v) is 5.91. The lowest BCUT2D eigenvalue weighted by Crippen LogP contribution is -2.26. The van der Waals surface area contributed by atoms with Crippen LogP contribution in [0.25, 0.3) is 0 Å². The molecule has 4 N–H and O–H groups in total. The zero-order valence-electron chi connectivity index (χ0n) is 10.9. The normalized spacial score (nSPS) is 13.9. The van der Waals surface area contributed by atoms with Gasteiger partial charge in [-0.25, -0.2) is 0 Å². The van der Waals surface area contributed by atoms with E-state index < -0.39 is 17.1 Å². The van der Waals surface area contributed by atoms with Gasteiger partial charge in [0.25, 0.3) is 5.69 Å². The molecule has 0 amide bonds. The van der Waals surface area contributed by atoms with E-state index in [4.69, 9.17) is 10.5 Å². The van der Waals surface area contributed by atoms with E-state index in [2.05, 4.69) is 0 Å². The summed E-state index contributed by atoms with van der Waals surface area (Å²) < 4.78 is 4.87. The summed E-state index contributed by atoms with van der Waals surface area (Å²) in [5.41, 5.74) is 5.69. The molecule has 0 aromatic heterocycles. The molecule has 7 nitrogen and oxygen atoms in total. The van der Waals surface area contributed by atoms with Crippen LogP contribution in [0.1, 0.15) is 31.4 Å². The molecule has 0 saturated heterocycles. The largest absolute Gasteiger partial charge is 0.504 e. The van der Waals surface area contributed by atoms with Gasteiger partial charge < -0.3 is 20.7 Å². The molecule has 106 valence electrons. The monoisotopic (exact) mass is 270 g/mol. The molecule has 0 saturated carbocycles. The molecule has 0 fully saturated rings. The maximum Gasteiger partial charge on any atom is 0.273 e. The molecule has 0 spiro atoms. The molecular weight excluding hydrogens is 252 g/mol. The summed E-state index contributed by atoms with van der Waals surface area (Å²) in [6.07, 6.45) is 0.260. The minimum Gasteiger partial charge on any atom is -0.504 e. The fourth-order valence-electron chi connectivity index (χ4n) is 1.81. The average molecular weight is 270 g/mol. The Bertz CT molecular complexity index is 464. The number of hydrogen-bond donors (Lipinski definition) is 3. The molecule has 2 atom stereocenters. The van der Waals surface area contributed by atoms with E-state index >= 15 is 0 Å². The molecule has 0 unspecified atom stereocenters. The highest BCUT2D eigenvalue weighted by Crippen LogP contribution is 2.38. The van der Waals surface area contributed by atoms with E-state index in [0.717, 1.165) is 12.1 Å². The number of nitrogens with two attached hydrogens (primary N) is 1. The van der Waals surface area contributed by atoms with Crippen LogP contribution in [0.15, 0.2) is 12.1 Å². The molecule has 1 aromatic rings. The van der Waals surface area contributed by atoms with Gasteiger partial charge in [-0.3, -0.25) is 10.1 Å². The Morgan fingerprint density at radius 3 is 2.63 bits per heavy atom. The first-order chi connectivity index (χ1) is 8.92. The van der Waals surface area contributed by atoms with Crippen LogP contribution < -0.4 is 10.5 Å². The van der Waals surface area contributed by atoms with Crippen molar-refractivity contribution in [3.8, 4) is 11.5 Å². The number of aromatic hydroxyl groups is 1. The average Bonchev–Trinajstić information content (AvgIpc) is 2.38. The van der Waals surface area contributed by atoms with E-state index in [0.29, 0.717) is 12.8 Å². The lowest BCUT2D eigenvalue weighted by Gasteiger charge is -2.20. The number of rotatable bonds is 6. The molecule has 0 radical (unpaired) electrons. The highest BCUT2D eigenvalue weighted by Gasteiger charge is 2.25. The summed E-state index contributed by atoms with van der Waals surface area (Å²) in [6, 6.07) is 1.35. The number of benzene rings is 1. The van der Waals surface area contributed by atoms with Gasteiger partial charge in [-0.15, -0.1) is 0 Å². The van der Waals surface area contributed by atoms with Crippen molar-refractivity contribution in [2.45, 2.75) is 31.9 Å². The second kappa shape index (κ2) is 6.35. The van der Waals surface area contributed by atoms with Crippen molar-refractivity contribution in [1.29, 1.82) is 0 Å². The Labute approximate surface area is 110 Å². The van der Waals surface area contributed by atoms with Crippen LogP contribution in [0.2, 0.25) is 0 Å². The maximum absolute atomic E-state index is 10.8. The molecule has 0 aliphatic carbocycles. The van der Waals surface area contributed by atoms with Crippen LogP contribution in [0.3, 0.4) is 0 Å². The van der Waals surface area contributed by atoms with Crippen molar-refractivity contribution in [1.82, 2.24) is 0 Å².